The van der Waals surface area contributed by atoms with E-state index in [4.69, 9.17) is 4.74 Å². The minimum Gasteiger partial charge on any atom is -0.457 e. The highest BCUT2D eigenvalue weighted by molar-refractivity contribution is 7.09. The van der Waals surface area contributed by atoms with Gasteiger partial charge in [0, 0.05) is 23.6 Å². The van der Waals surface area contributed by atoms with Crippen molar-refractivity contribution >= 4 is 17.1 Å². The molecule has 3 aromatic rings. The number of hydrogen-bond acceptors (Lipinski definition) is 4. The Morgan fingerprint density at radius 2 is 1.77 bits per heavy atom. The van der Waals surface area contributed by atoms with Gasteiger partial charge in [0.15, 0.2) is 0 Å². The molecule has 0 radical (unpaired) electrons. The van der Waals surface area contributed by atoms with Crippen LogP contribution < -0.4 is 4.74 Å². The lowest BCUT2D eigenvalue weighted by Crippen LogP contribution is -2.07. The largest absolute Gasteiger partial charge is 0.457 e. The van der Waals surface area contributed by atoms with E-state index >= 15 is 0 Å². The molecule has 0 aliphatic heterocycles. The Kier molecular flexibility index (Phi) is 4.61. The standard InChI is InChI=1S/C18H15NO2S/c20-15(13-18-19-10-11-22-18)12-14-6-4-5-9-17(14)21-16-7-2-1-3-8-16/h1-11H,12-13H2. The SMILES string of the molecule is O=C(Cc1nccs1)Cc1ccccc1Oc1ccccc1. The predicted molar refractivity (Wildman–Crippen MR) is 87.5 cm³/mol. The molecule has 2 aromatic carbocycles. The Balaban J connectivity index is 1.72. The molecule has 1 aromatic heterocycles. The fourth-order valence-electron chi connectivity index (χ4n) is 2.15. The summed E-state index contributed by atoms with van der Waals surface area (Å²) in [6.45, 7) is 0. The summed E-state index contributed by atoms with van der Waals surface area (Å²) in [6, 6.07) is 17.2. The quantitative estimate of drug-likeness (QED) is 0.682. The number of aromatic nitrogens is 1. The molecule has 110 valence electrons. The van der Waals surface area contributed by atoms with Crippen molar-refractivity contribution in [1.82, 2.24) is 4.98 Å². The summed E-state index contributed by atoms with van der Waals surface area (Å²) in [4.78, 5) is 16.4. The molecular formula is C18H15NO2S. The van der Waals surface area contributed by atoms with E-state index < -0.39 is 0 Å². The maximum Gasteiger partial charge on any atom is 0.144 e. The summed E-state index contributed by atoms with van der Waals surface area (Å²) < 4.78 is 5.88. The topological polar surface area (TPSA) is 39.2 Å². The fraction of sp³-hybridized carbons (Fsp3) is 0.111. The first-order valence-corrected chi connectivity index (χ1v) is 7.90. The van der Waals surface area contributed by atoms with E-state index in [1.807, 2.05) is 60.0 Å². The molecule has 0 saturated heterocycles. The Hall–Kier alpha value is -2.46. The highest BCUT2D eigenvalue weighted by Gasteiger charge is 2.11. The molecule has 4 heteroatoms. The smallest absolute Gasteiger partial charge is 0.144 e. The summed E-state index contributed by atoms with van der Waals surface area (Å²) >= 11 is 1.51. The van der Waals surface area contributed by atoms with Crippen molar-refractivity contribution in [3.63, 3.8) is 0 Å². The van der Waals surface area contributed by atoms with Crippen molar-refractivity contribution in [1.29, 1.82) is 0 Å². The van der Waals surface area contributed by atoms with Crippen LogP contribution in [0.5, 0.6) is 11.5 Å². The number of ketones is 1. The zero-order valence-corrected chi connectivity index (χ0v) is 12.8. The first kappa shape index (κ1) is 14.5. The van der Waals surface area contributed by atoms with Gasteiger partial charge < -0.3 is 4.74 Å². The second-order valence-electron chi connectivity index (χ2n) is 4.84. The van der Waals surface area contributed by atoms with Crippen LogP contribution in [0, 0.1) is 0 Å². The van der Waals surface area contributed by atoms with Crippen molar-refractivity contribution in [3.05, 3.63) is 76.7 Å². The van der Waals surface area contributed by atoms with Crippen LogP contribution >= 0.6 is 11.3 Å². The van der Waals surface area contributed by atoms with E-state index in [1.54, 1.807) is 6.20 Å². The summed E-state index contributed by atoms with van der Waals surface area (Å²) in [6.07, 6.45) is 2.44. The van der Waals surface area contributed by atoms with Crippen LogP contribution in [0.2, 0.25) is 0 Å². The zero-order valence-electron chi connectivity index (χ0n) is 11.9. The maximum atomic E-state index is 12.2. The average molecular weight is 309 g/mol. The summed E-state index contributed by atoms with van der Waals surface area (Å²) in [5, 5.41) is 2.74. The second-order valence-corrected chi connectivity index (χ2v) is 5.82. The van der Waals surface area contributed by atoms with E-state index in [9.17, 15) is 4.79 Å². The van der Waals surface area contributed by atoms with E-state index in [-0.39, 0.29) is 5.78 Å². The average Bonchev–Trinajstić information content (AvgIpc) is 3.03. The van der Waals surface area contributed by atoms with Gasteiger partial charge in [-0.05, 0) is 18.2 Å². The van der Waals surface area contributed by atoms with Crippen LogP contribution in [-0.2, 0) is 17.6 Å². The molecule has 22 heavy (non-hydrogen) atoms. The lowest BCUT2D eigenvalue weighted by atomic mass is 10.1. The van der Waals surface area contributed by atoms with Crippen molar-refractivity contribution < 1.29 is 9.53 Å². The van der Waals surface area contributed by atoms with Crippen LogP contribution in [-0.4, -0.2) is 10.8 Å². The molecule has 0 atom stereocenters. The van der Waals surface area contributed by atoms with Crippen LogP contribution in [0.15, 0.2) is 66.2 Å². The van der Waals surface area contributed by atoms with Crippen molar-refractivity contribution in [3.8, 4) is 11.5 Å². The molecule has 0 bridgehead atoms. The summed E-state index contributed by atoms with van der Waals surface area (Å²) in [5.41, 5.74) is 0.896. The second kappa shape index (κ2) is 7.00. The van der Waals surface area contributed by atoms with Gasteiger partial charge in [-0.2, -0.15) is 0 Å². The van der Waals surface area contributed by atoms with Crippen LogP contribution in [0.3, 0.4) is 0 Å². The third kappa shape index (κ3) is 3.80. The third-order valence-corrected chi connectivity index (χ3v) is 3.94. The first-order valence-electron chi connectivity index (χ1n) is 7.02. The van der Waals surface area contributed by atoms with Gasteiger partial charge in [-0.1, -0.05) is 36.4 Å². The molecule has 0 N–H and O–H groups in total. The van der Waals surface area contributed by atoms with Gasteiger partial charge in [0.2, 0.25) is 0 Å². The number of ether oxygens (including phenoxy) is 1. The molecular weight excluding hydrogens is 294 g/mol. The molecule has 0 saturated carbocycles. The minimum absolute atomic E-state index is 0.138. The van der Waals surface area contributed by atoms with Crippen LogP contribution in [0.4, 0.5) is 0 Å². The fourth-order valence-corrected chi connectivity index (χ4v) is 2.79. The van der Waals surface area contributed by atoms with Crippen molar-refractivity contribution in [2.24, 2.45) is 0 Å². The Bertz CT molecular complexity index is 739. The minimum atomic E-state index is 0.138. The van der Waals surface area contributed by atoms with Gasteiger partial charge in [0.25, 0.3) is 0 Å². The number of carbonyl (C=O) groups is 1. The first-order chi connectivity index (χ1) is 10.8. The Morgan fingerprint density at radius 3 is 2.55 bits per heavy atom. The van der Waals surface area contributed by atoms with Crippen LogP contribution in [0.1, 0.15) is 10.6 Å². The van der Waals surface area contributed by atoms with Crippen LogP contribution in [0.25, 0.3) is 0 Å². The lowest BCUT2D eigenvalue weighted by Gasteiger charge is -2.10. The van der Waals surface area contributed by atoms with Crippen molar-refractivity contribution in [2.75, 3.05) is 0 Å². The van der Waals surface area contributed by atoms with E-state index in [0.29, 0.717) is 12.8 Å². The number of carbonyl (C=O) groups excluding carboxylic acids is 1. The molecule has 0 aliphatic carbocycles. The monoisotopic (exact) mass is 309 g/mol. The molecule has 0 aliphatic rings. The van der Waals surface area contributed by atoms with E-state index in [1.165, 1.54) is 11.3 Å². The van der Waals surface area contributed by atoms with Gasteiger partial charge in [-0.15, -0.1) is 11.3 Å². The van der Waals surface area contributed by atoms with E-state index in [0.717, 1.165) is 22.1 Å². The van der Waals surface area contributed by atoms with E-state index in [2.05, 4.69) is 4.98 Å². The highest BCUT2D eigenvalue weighted by Crippen LogP contribution is 2.25. The van der Waals surface area contributed by atoms with Gasteiger partial charge in [-0.25, -0.2) is 4.98 Å². The van der Waals surface area contributed by atoms with Crippen molar-refractivity contribution in [2.45, 2.75) is 12.8 Å². The molecule has 0 spiro atoms. The normalized spacial score (nSPS) is 10.4. The van der Waals surface area contributed by atoms with Gasteiger partial charge in [0.1, 0.15) is 17.3 Å². The molecule has 0 fully saturated rings. The summed E-state index contributed by atoms with van der Waals surface area (Å²) in [5.74, 6) is 1.63. The number of Topliss-reactive ketones (excluding diaryl/α,β-unsaturated/α-hetero) is 1. The molecule has 3 nitrogen and oxygen atoms in total. The third-order valence-electron chi connectivity index (χ3n) is 3.16. The maximum absolute atomic E-state index is 12.2. The number of nitrogens with zero attached hydrogens (tertiary/aromatic N) is 1. The molecule has 0 amide bonds. The zero-order chi connectivity index (χ0) is 15.2. The number of benzene rings is 2. The number of thiazole rings is 1. The highest BCUT2D eigenvalue weighted by atomic mass is 32.1. The van der Waals surface area contributed by atoms with Gasteiger partial charge in [0.05, 0.1) is 11.4 Å². The Morgan fingerprint density at radius 1 is 1.00 bits per heavy atom. The molecule has 1 heterocycles. The van der Waals surface area contributed by atoms with Gasteiger partial charge >= 0.3 is 0 Å². The molecule has 0 unspecified atom stereocenters. The summed E-state index contributed by atoms with van der Waals surface area (Å²) in [7, 11) is 0. The lowest BCUT2D eigenvalue weighted by molar-refractivity contribution is -0.117. The predicted octanol–water partition coefficient (Wildman–Crippen LogP) is 4.29. The number of hydrogen-bond donors (Lipinski definition) is 0. The number of para-hydroxylation sites is 2. The van der Waals surface area contributed by atoms with Gasteiger partial charge in [-0.3, -0.25) is 4.79 Å². The number of rotatable bonds is 6. The Labute approximate surface area is 133 Å². The molecule has 3 rings (SSSR count).